The quantitative estimate of drug-likeness (QED) is 0.161. The number of anilines is 6. The number of fused-ring (bicyclic) bond motifs is 20. The van der Waals surface area contributed by atoms with E-state index in [0.717, 1.165) is 109 Å². The molecule has 0 bridgehead atoms. The Labute approximate surface area is 491 Å². The molecule has 0 unspecified atom stereocenters. The van der Waals surface area contributed by atoms with Crippen molar-refractivity contribution in [2.24, 2.45) is 0 Å². The van der Waals surface area contributed by atoms with Crippen LogP contribution in [0.25, 0.3) is 86.3 Å². The SMILES string of the molecule is CC(C)(C)c1cccc2c1oc1cc(N(c3ccc4c(c3)sc3c(N(c5ccc6c(c5)oc5c(C(C)(C)C)cccc56)c5ccccc5C#N)cc5c(c34)-c3ccccc3C53c4ccccc4-c4ccccc43)c3ccccc3C=N)ccc12. The Balaban J connectivity index is 1.01. The maximum absolute atomic E-state index is 11.2. The van der Waals surface area contributed by atoms with E-state index >= 15 is 0 Å². The molecule has 14 aromatic rings. The number of nitriles is 1. The second-order valence-electron chi connectivity index (χ2n) is 24.6. The molecular formula is C77H56N4O2S. The minimum Gasteiger partial charge on any atom is -0.456 e. The molecule has 2 aliphatic carbocycles. The van der Waals surface area contributed by atoms with Gasteiger partial charge in [-0.3, -0.25) is 0 Å². The van der Waals surface area contributed by atoms with Gasteiger partial charge in [0.05, 0.1) is 32.7 Å². The monoisotopic (exact) mass is 1100 g/mol. The maximum atomic E-state index is 11.2. The Morgan fingerprint density at radius 2 is 0.964 bits per heavy atom. The van der Waals surface area contributed by atoms with Crippen molar-refractivity contribution in [2.75, 3.05) is 9.80 Å². The van der Waals surface area contributed by atoms with E-state index in [1.807, 2.05) is 36.4 Å². The number of furan rings is 2. The van der Waals surface area contributed by atoms with E-state index in [9.17, 15) is 5.26 Å². The minimum atomic E-state index is -0.668. The molecule has 2 aliphatic rings. The van der Waals surface area contributed by atoms with Crippen LogP contribution in [0.1, 0.15) is 86.1 Å². The largest absolute Gasteiger partial charge is 0.456 e. The number of rotatable bonds is 7. The summed E-state index contributed by atoms with van der Waals surface area (Å²) in [4.78, 5) is 4.59. The fourth-order valence-electron chi connectivity index (χ4n) is 14.2. The van der Waals surface area contributed by atoms with Crippen molar-refractivity contribution >= 4 is 116 Å². The van der Waals surface area contributed by atoms with E-state index in [1.165, 1.54) is 56.3 Å². The van der Waals surface area contributed by atoms with Crippen molar-refractivity contribution in [3.63, 3.8) is 0 Å². The van der Waals surface area contributed by atoms with Gasteiger partial charge in [-0.2, -0.15) is 5.26 Å². The number of nitrogens with zero attached hydrogens (tertiary/aromatic N) is 3. The van der Waals surface area contributed by atoms with E-state index in [0.29, 0.717) is 5.56 Å². The van der Waals surface area contributed by atoms with Crippen molar-refractivity contribution in [3.05, 3.63) is 263 Å². The van der Waals surface area contributed by atoms with Gasteiger partial charge in [0.25, 0.3) is 0 Å². The molecule has 3 heterocycles. The van der Waals surface area contributed by atoms with Crippen LogP contribution in [0.4, 0.5) is 34.1 Å². The average molecular weight is 1100 g/mol. The van der Waals surface area contributed by atoms with Crippen LogP contribution in [-0.4, -0.2) is 6.21 Å². The number of benzene rings is 11. The molecule has 84 heavy (non-hydrogen) atoms. The van der Waals surface area contributed by atoms with Crippen LogP contribution in [-0.2, 0) is 16.2 Å². The standard InChI is InChI=1S/C77H56N4O2S/c1-75(2,3)61-29-17-24-54-52-36-33-47(39-67(52)82-72(54)61)80(64-31-15-7-19-45(64)43-78)49-35-38-57-69(41-49)84-74-66(42-63-70(71(57)74)56-23-11-14-28-60(56)77(63)58-26-12-9-21-50(58)51-22-10-13-27-59(51)77)81(65-32-16-8-20-46(65)44-79)48-34-37-53-55-25-18-30-62(76(4,5)6)73(55)83-68(53)40-48/h7-43,78H,1-6H3. The molecule has 6 nitrogen and oxygen atoms in total. The lowest BCUT2D eigenvalue weighted by atomic mass is 9.70. The van der Waals surface area contributed by atoms with Crippen LogP contribution >= 0.6 is 11.3 Å². The third-order valence-corrected chi connectivity index (χ3v) is 19.0. The highest BCUT2D eigenvalue weighted by molar-refractivity contribution is 7.26. The molecule has 0 saturated heterocycles. The number of hydrogen-bond acceptors (Lipinski definition) is 7. The van der Waals surface area contributed by atoms with Gasteiger partial charge in [0.1, 0.15) is 28.4 Å². The Morgan fingerprint density at radius 3 is 1.55 bits per heavy atom. The van der Waals surface area contributed by atoms with E-state index in [2.05, 4.69) is 239 Å². The third kappa shape index (κ3) is 6.98. The van der Waals surface area contributed by atoms with Gasteiger partial charge in [0.15, 0.2) is 0 Å². The number of hydrogen-bond donors (Lipinski definition) is 1. The molecule has 16 rings (SSSR count). The predicted octanol–water partition coefficient (Wildman–Crippen LogP) is 21.6. The summed E-state index contributed by atoms with van der Waals surface area (Å²) < 4.78 is 16.1. The molecule has 0 atom stereocenters. The summed E-state index contributed by atoms with van der Waals surface area (Å²) in [5.74, 6) is 0. The first-order valence-electron chi connectivity index (χ1n) is 28.8. The Bertz CT molecular complexity index is 5140. The zero-order valence-corrected chi connectivity index (χ0v) is 48.2. The van der Waals surface area contributed by atoms with E-state index in [-0.39, 0.29) is 10.8 Å². The van der Waals surface area contributed by atoms with Crippen LogP contribution in [0, 0.1) is 16.7 Å². The summed E-state index contributed by atoms with van der Waals surface area (Å²) in [7, 11) is 0. The van der Waals surface area contributed by atoms with Gasteiger partial charge in [-0.15, -0.1) is 11.3 Å². The highest BCUT2D eigenvalue weighted by Crippen LogP contribution is 2.66. The Kier molecular flexibility index (Phi) is 10.7. The lowest BCUT2D eigenvalue weighted by Gasteiger charge is -2.32. The first-order chi connectivity index (χ1) is 40.8. The third-order valence-electron chi connectivity index (χ3n) is 17.9. The zero-order chi connectivity index (χ0) is 57.0. The summed E-state index contributed by atoms with van der Waals surface area (Å²) in [5, 5.41) is 26.4. The molecule has 7 heteroatoms. The summed E-state index contributed by atoms with van der Waals surface area (Å²) >= 11 is 1.78. The van der Waals surface area contributed by atoms with Gasteiger partial charge in [-0.25, -0.2) is 0 Å². The highest BCUT2D eigenvalue weighted by atomic mass is 32.1. The van der Waals surface area contributed by atoms with Crippen LogP contribution in [0.15, 0.2) is 227 Å². The summed E-state index contributed by atoms with van der Waals surface area (Å²) in [6.07, 6.45) is 1.44. The van der Waals surface area contributed by atoms with Gasteiger partial charge in [0, 0.05) is 89.1 Å². The molecule has 0 amide bonds. The number of nitrogens with one attached hydrogen (secondary N) is 1. The summed E-state index contributed by atoms with van der Waals surface area (Å²) in [6, 6.07) is 81.1. The fourth-order valence-corrected chi connectivity index (χ4v) is 15.5. The second kappa shape index (κ2) is 18.0. The van der Waals surface area contributed by atoms with Crippen molar-refractivity contribution in [1.82, 2.24) is 0 Å². The Hall–Kier alpha value is -10.0. The molecule has 11 aromatic carbocycles. The van der Waals surface area contributed by atoms with E-state index in [1.54, 1.807) is 11.3 Å². The average Bonchev–Trinajstić information content (AvgIpc) is 1.53. The van der Waals surface area contributed by atoms with E-state index in [4.69, 9.17) is 14.2 Å². The number of thiophene rings is 1. The highest BCUT2D eigenvalue weighted by Gasteiger charge is 2.53. The summed E-state index contributed by atoms with van der Waals surface area (Å²) in [5.41, 5.74) is 21.3. The van der Waals surface area contributed by atoms with Crippen molar-refractivity contribution in [1.29, 1.82) is 10.7 Å². The Morgan fingerprint density at radius 1 is 0.464 bits per heavy atom. The second-order valence-corrected chi connectivity index (χ2v) is 25.7. The topological polar surface area (TPSA) is 80.4 Å². The van der Waals surface area contributed by atoms with Crippen LogP contribution in [0.3, 0.4) is 0 Å². The zero-order valence-electron chi connectivity index (χ0n) is 47.4. The van der Waals surface area contributed by atoms with Gasteiger partial charge in [-0.05, 0) is 116 Å². The van der Waals surface area contributed by atoms with Crippen LogP contribution < -0.4 is 9.80 Å². The predicted molar refractivity (Wildman–Crippen MR) is 350 cm³/mol. The molecule has 1 spiro atoms. The van der Waals surface area contributed by atoms with Gasteiger partial charge >= 0.3 is 0 Å². The lowest BCUT2D eigenvalue weighted by Crippen LogP contribution is -2.26. The first kappa shape index (κ1) is 49.8. The molecule has 3 aromatic heterocycles. The van der Waals surface area contributed by atoms with Gasteiger partial charge in [-0.1, -0.05) is 187 Å². The minimum absolute atomic E-state index is 0.117. The maximum Gasteiger partial charge on any atom is 0.139 e. The van der Waals surface area contributed by atoms with Crippen LogP contribution in [0.5, 0.6) is 0 Å². The number of para-hydroxylation sites is 4. The van der Waals surface area contributed by atoms with E-state index < -0.39 is 5.41 Å². The van der Waals surface area contributed by atoms with Gasteiger partial charge < -0.3 is 24.0 Å². The molecule has 0 radical (unpaired) electrons. The first-order valence-corrected chi connectivity index (χ1v) is 29.6. The molecule has 0 fully saturated rings. The molecule has 402 valence electrons. The van der Waals surface area contributed by atoms with Crippen molar-refractivity contribution in [3.8, 4) is 28.3 Å². The fraction of sp³-hybridized carbons (Fsp3) is 0.117. The molecule has 1 N–H and O–H groups in total. The summed E-state index contributed by atoms with van der Waals surface area (Å²) in [6.45, 7) is 13.4. The van der Waals surface area contributed by atoms with Crippen molar-refractivity contribution in [2.45, 2.75) is 57.8 Å². The normalized spacial score (nSPS) is 13.2. The molecule has 0 aliphatic heterocycles. The van der Waals surface area contributed by atoms with Crippen LogP contribution in [0.2, 0.25) is 0 Å². The van der Waals surface area contributed by atoms with Crippen molar-refractivity contribution < 1.29 is 8.83 Å². The smallest absolute Gasteiger partial charge is 0.139 e. The molecular weight excluding hydrogens is 1040 g/mol. The van der Waals surface area contributed by atoms with Gasteiger partial charge in [0.2, 0.25) is 0 Å². The lowest BCUT2D eigenvalue weighted by molar-refractivity contribution is 0.572. The molecule has 0 saturated carbocycles.